The summed E-state index contributed by atoms with van der Waals surface area (Å²) >= 11 is 1.60. The second-order valence-electron chi connectivity index (χ2n) is 4.70. The summed E-state index contributed by atoms with van der Waals surface area (Å²) < 4.78 is 15.8. The maximum absolute atomic E-state index is 12.4. The molecule has 0 saturated carbocycles. The lowest BCUT2D eigenvalue weighted by molar-refractivity contribution is 0.102. The van der Waals surface area contributed by atoms with Crippen LogP contribution in [-0.2, 0) is 0 Å². The predicted molar refractivity (Wildman–Crippen MR) is 87.8 cm³/mol. The van der Waals surface area contributed by atoms with Gasteiger partial charge in [0, 0.05) is 27.6 Å². The molecule has 1 aromatic heterocycles. The molecule has 0 fully saturated rings. The van der Waals surface area contributed by atoms with Crippen molar-refractivity contribution >= 4 is 22.9 Å². The molecule has 0 bridgehead atoms. The lowest BCUT2D eigenvalue weighted by Gasteiger charge is -2.14. The van der Waals surface area contributed by atoms with Crippen LogP contribution in [0, 0.1) is 13.8 Å². The van der Waals surface area contributed by atoms with Gasteiger partial charge in [0.25, 0.3) is 5.91 Å². The van der Waals surface area contributed by atoms with E-state index in [0.29, 0.717) is 28.5 Å². The number of carbonyl (C=O) groups excluding carboxylic acids is 1. The molecule has 0 atom stereocenters. The third kappa shape index (κ3) is 3.17. The zero-order valence-electron chi connectivity index (χ0n) is 13.3. The molecule has 0 spiro atoms. The molecule has 1 aromatic carbocycles. The number of ether oxygens (including phenoxy) is 3. The van der Waals surface area contributed by atoms with Crippen LogP contribution in [0.3, 0.4) is 0 Å². The van der Waals surface area contributed by atoms with Gasteiger partial charge < -0.3 is 19.5 Å². The van der Waals surface area contributed by atoms with Crippen molar-refractivity contribution in [3.05, 3.63) is 33.5 Å². The highest BCUT2D eigenvalue weighted by atomic mass is 32.1. The Bertz CT molecular complexity index is 668. The van der Waals surface area contributed by atoms with Crippen molar-refractivity contribution in [2.24, 2.45) is 0 Å². The smallest absolute Gasteiger partial charge is 0.256 e. The van der Waals surface area contributed by atoms with Crippen molar-refractivity contribution in [3.63, 3.8) is 0 Å². The number of aryl methyl sites for hydroxylation is 2. The highest BCUT2D eigenvalue weighted by Crippen LogP contribution is 2.40. The second kappa shape index (κ2) is 6.70. The van der Waals surface area contributed by atoms with Crippen LogP contribution in [0.25, 0.3) is 0 Å². The topological polar surface area (TPSA) is 56.8 Å². The normalized spacial score (nSPS) is 10.2. The molecule has 6 heteroatoms. The second-order valence-corrected chi connectivity index (χ2v) is 6.16. The monoisotopic (exact) mass is 321 g/mol. The summed E-state index contributed by atoms with van der Waals surface area (Å²) in [7, 11) is 4.61. The Hall–Kier alpha value is -2.21. The minimum absolute atomic E-state index is 0.156. The van der Waals surface area contributed by atoms with Gasteiger partial charge in [-0.3, -0.25) is 4.79 Å². The Labute approximate surface area is 133 Å². The van der Waals surface area contributed by atoms with Crippen molar-refractivity contribution in [1.82, 2.24) is 0 Å². The number of thiophene rings is 1. The Morgan fingerprint density at radius 1 is 1.00 bits per heavy atom. The van der Waals surface area contributed by atoms with Gasteiger partial charge in [0.05, 0.1) is 26.9 Å². The van der Waals surface area contributed by atoms with Crippen LogP contribution in [0.5, 0.6) is 17.2 Å². The summed E-state index contributed by atoms with van der Waals surface area (Å²) in [6.07, 6.45) is 0. The van der Waals surface area contributed by atoms with Crippen molar-refractivity contribution in [2.45, 2.75) is 13.8 Å². The molecule has 0 aliphatic carbocycles. The van der Waals surface area contributed by atoms with Crippen LogP contribution in [0.2, 0.25) is 0 Å². The van der Waals surface area contributed by atoms with E-state index < -0.39 is 0 Å². The number of hydrogen-bond acceptors (Lipinski definition) is 5. The number of methoxy groups -OCH3 is 3. The van der Waals surface area contributed by atoms with E-state index in [1.165, 1.54) is 21.3 Å². The van der Waals surface area contributed by atoms with E-state index in [4.69, 9.17) is 14.2 Å². The van der Waals surface area contributed by atoms with E-state index in [1.807, 2.05) is 19.9 Å². The SMILES string of the molecule is COc1cc(NC(=O)c2cc(C)sc2C)cc(OC)c1OC. The molecule has 2 aromatic rings. The van der Waals surface area contributed by atoms with Crippen molar-refractivity contribution in [1.29, 1.82) is 0 Å². The first-order valence-electron chi connectivity index (χ1n) is 6.68. The van der Waals surface area contributed by atoms with Gasteiger partial charge in [-0.2, -0.15) is 0 Å². The summed E-state index contributed by atoms with van der Waals surface area (Å²) in [6, 6.07) is 5.29. The van der Waals surface area contributed by atoms with Gasteiger partial charge in [-0.15, -0.1) is 11.3 Å². The van der Waals surface area contributed by atoms with Gasteiger partial charge >= 0.3 is 0 Å². The Morgan fingerprint density at radius 2 is 1.59 bits per heavy atom. The molecule has 0 saturated heterocycles. The zero-order valence-corrected chi connectivity index (χ0v) is 14.1. The summed E-state index contributed by atoms with van der Waals surface area (Å²) in [5, 5.41) is 2.87. The van der Waals surface area contributed by atoms with Gasteiger partial charge in [0.1, 0.15) is 0 Å². The van der Waals surface area contributed by atoms with Crippen molar-refractivity contribution in [2.75, 3.05) is 26.6 Å². The van der Waals surface area contributed by atoms with E-state index in [1.54, 1.807) is 23.5 Å². The summed E-state index contributed by atoms with van der Waals surface area (Å²) in [6.45, 7) is 3.91. The predicted octanol–water partition coefficient (Wildman–Crippen LogP) is 3.64. The van der Waals surface area contributed by atoms with Crippen molar-refractivity contribution < 1.29 is 19.0 Å². The standard InChI is InChI=1S/C16H19NO4S/c1-9-6-12(10(2)22-9)16(18)17-11-7-13(19-3)15(21-5)14(8-11)20-4/h6-8H,1-5H3,(H,17,18). The number of anilines is 1. The van der Waals surface area contributed by atoms with Gasteiger partial charge in [0.15, 0.2) is 11.5 Å². The fourth-order valence-electron chi connectivity index (χ4n) is 2.21. The number of carbonyl (C=O) groups is 1. The van der Waals surface area contributed by atoms with Gasteiger partial charge in [-0.25, -0.2) is 0 Å². The fraction of sp³-hybridized carbons (Fsp3) is 0.312. The lowest BCUT2D eigenvalue weighted by Crippen LogP contribution is -2.12. The molecule has 0 aliphatic rings. The first-order valence-corrected chi connectivity index (χ1v) is 7.50. The number of amides is 1. The molecular weight excluding hydrogens is 302 g/mol. The van der Waals surface area contributed by atoms with E-state index in [0.717, 1.165) is 9.75 Å². The number of rotatable bonds is 5. The minimum Gasteiger partial charge on any atom is -0.493 e. The minimum atomic E-state index is -0.156. The Morgan fingerprint density at radius 3 is 2.00 bits per heavy atom. The maximum atomic E-state index is 12.4. The zero-order chi connectivity index (χ0) is 16.3. The van der Waals surface area contributed by atoms with E-state index in [-0.39, 0.29) is 5.91 Å². The summed E-state index contributed by atoms with van der Waals surface area (Å²) in [5.41, 5.74) is 1.26. The molecule has 1 heterocycles. The van der Waals surface area contributed by atoms with Gasteiger partial charge in [-0.1, -0.05) is 0 Å². The number of nitrogens with one attached hydrogen (secondary N) is 1. The maximum Gasteiger partial charge on any atom is 0.256 e. The highest BCUT2D eigenvalue weighted by molar-refractivity contribution is 7.12. The molecule has 1 amide bonds. The van der Waals surface area contributed by atoms with Crippen LogP contribution in [0.1, 0.15) is 20.1 Å². The van der Waals surface area contributed by atoms with Crippen LogP contribution in [0.15, 0.2) is 18.2 Å². The van der Waals surface area contributed by atoms with E-state index >= 15 is 0 Å². The molecular formula is C16H19NO4S. The summed E-state index contributed by atoms with van der Waals surface area (Å²) in [4.78, 5) is 14.5. The molecule has 5 nitrogen and oxygen atoms in total. The Kier molecular flexibility index (Phi) is 4.92. The molecule has 118 valence electrons. The number of hydrogen-bond donors (Lipinski definition) is 1. The average molecular weight is 321 g/mol. The molecule has 2 rings (SSSR count). The van der Waals surface area contributed by atoms with Gasteiger partial charge in [-0.05, 0) is 19.9 Å². The fourth-order valence-corrected chi connectivity index (χ4v) is 3.13. The highest BCUT2D eigenvalue weighted by Gasteiger charge is 2.16. The van der Waals surface area contributed by atoms with Gasteiger partial charge in [0.2, 0.25) is 5.75 Å². The Balaban J connectivity index is 2.33. The largest absolute Gasteiger partial charge is 0.493 e. The number of benzene rings is 1. The van der Waals surface area contributed by atoms with Crippen LogP contribution in [0.4, 0.5) is 5.69 Å². The quantitative estimate of drug-likeness (QED) is 0.913. The third-order valence-electron chi connectivity index (χ3n) is 3.21. The average Bonchev–Trinajstić information content (AvgIpc) is 2.84. The third-order valence-corrected chi connectivity index (χ3v) is 4.17. The first-order chi connectivity index (χ1) is 10.5. The van der Waals surface area contributed by atoms with Crippen LogP contribution < -0.4 is 19.5 Å². The molecule has 0 aliphatic heterocycles. The molecule has 22 heavy (non-hydrogen) atoms. The molecule has 0 radical (unpaired) electrons. The molecule has 0 unspecified atom stereocenters. The van der Waals surface area contributed by atoms with Crippen molar-refractivity contribution in [3.8, 4) is 17.2 Å². The first kappa shape index (κ1) is 16.2. The summed E-state index contributed by atoms with van der Waals surface area (Å²) in [5.74, 6) is 1.33. The molecule has 1 N–H and O–H groups in total. The van der Waals surface area contributed by atoms with Crippen LogP contribution in [-0.4, -0.2) is 27.2 Å². The van der Waals surface area contributed by atoms with E-state index in [2.05, 4.69) is 5.32 Å². The van der Waals surface area contributed by atoms with E-state index in [9.17, 15) is 4.79 Å². The van der Waals surface area contributed by atoms with Crippen LogP contribution >= 0.6 is 11.3 Å². The lowest BCUT2D eigenvalue weighted by atomic mass is 10.2.